The Balaban J connectivity index is 1.90. The maximum absolute atomic E-state index is 12.4. The van der Waals surface area contributed by atoms with Gasteiger partial charge in [0, 0.05) is 17.9 Å². The summed E-state index contributed by atoms with van der Waals surface area (Å²) in [6.07, 6.45) is 0.940. The summed E-state index contributed by atoms with van der Waals surface area (Å²) in [7, 11) is 0. The monoisotopic (exact) mass is 270 g/mol. The minimum absolute atomic E-state index is 0.0966. The molecule has 3 rings (SSSR count). The van der Waals surface area contributed by atoms with E-state index in [2.05, 4.69) is 26.9 Å². The van der Waals surface area contributed by atoms with Crippen molar-refractivity contribution in [3.63, 3.8) is 0 Å². The van der Waals surface area contributed by atoms with Gasteiger partial charge >= 0.3 is 0 Å². The van der Waals surface area contributed by atoms with Gasteiger partial charge in [0.15, 0.2) is 0 Å². The normalized spacial score (nSPS) is 13.9. The van der Waals surface area contributed by atoms with E-state index in [9.17, 15) is 4.79 Å². The molecule has 0 bridgehead atoms. The van der Waals surface area contributed by atoms with Crippen molar-refractivity contribution in [3.05, 3.63) is 46.3 Å². The summed E-state index contributed by atoms with van der Waals surface area (Å²) in [4.78, 5) is 12.4. The molecule has 1 aliphatic rings. The number of carbonyl (C=O) groups is 1. The van der Waals surface area contributed by atoms with Crippen molar-refractivity contribution in [1.82, 2.24) is 15.5 Å². The summed E-state index contributed by atoms with van der Waals surface area (Å²) >= 11 is 0. The number of anilines is 1. The Morgan fingerprint density at radius 2 is 2.20 bits per heavy atom. The van der Waals surface area contributed by atoms with Crippen LogP contribution in [0, 0.1) is 13.8 Å². The van der Waals surface area contributed by atoms with Gasteiger partial charge in [-0.05, 0) is 44.0 Å². The molecular weight excluding hydrogens is 252 g/mol. The Morgan fingerprint density at radius 3 is 2.95 bits per heavy atom. The molecule has 1 aromatic heterocycles. The quantitative estimate of drug-likeness (QED) is 0.781. The molecule has 0 saturated carbocycles. The second kappa shape index (κ2) is 5.09. The third-order valence-electron chi connectivity index (χ3n) is 3.74. The highest BCUT2D eigenvalue weighted by Crippen LogP contribution is 2.24. The first kappa shape index (κ1) is 12.9. The van der Waals surface area contributed by atoms with Gasteiger partial charge in [-0.3, -0.25) is 9.89 Å². The first-order valence-electron chi connectivity index (χ1n) is 6.81. The number of aromatic nitrogens is 2. The van der Waals surface area contributed by atoms with E-state index < -0.39 is 0 Å². The molecule has 1 aliphatic heterocycles. The molecule has 0 fully saturated rings. The fraction of sp³-hybridized carbons (Fsp3) is 0.333. The molecule has 0 unspecified atom stereocenters. The molecule has 104 valence electrons. The van der Waals surface area contributed by atoms with Gasteiger partial charge in [0.1, 0.15) is 0 Å². The van der Waals surface area contributed by atoms with E-state index in [0.717, 1.165) is 36.6 Å². The molecule has 20 heavy (non-hydrogen) atoms. The van der Waals surface area contributed by atoms with Gasteiger partial charge in [0.05, 0.1) is 11.3 Å². The van der Waals surface area contributed by atoms with E-state index in [1.807, 2.05) is 26.0 Å². The summed E-state index contributed by atoms with van der Waals surface area (Å²) in [5.74, 6) is -0.0966. The number of carbonyl (C=O) groups excluding carboxylic acids is 1. The lowest BCUT2D eigenvalue weighted by molar-refractivity contribution is 0.102. The SMILES string of the molecule is Cc1n[nH]c(C)c1C(=O)Nc1cccc2c1CCNC2. The second-order valence-electron chi connectivity index (χ2n) is 5.13. The van der Waals surface area contributed by atoms with Crippen LogP contribution in [0.3, 0.4) is 0 Å². The zero-order valence-corrected chi connectivity index (χ0v) is 11.7. The van der Waals surface area contributed by atoms with Crippen LogP contribution in [0.1, 0.15) is 32.9 Å². The molecule has 2 heterocycles. The standard InChI is InChI=1S/C15H18N4O/c1-9-14(10(2)19-18-9)15(20)17-13-5-3-4-11-8-16-7-6-12(11)13/h3-5,16H,6-8H2,1-2H3,(H,17,20)(H,18,19). The summed E-state index contributed by atoms with van der Waals surface area (Å²) in [6, 6.07) is 6.05. The number of nitrogens with zero attached hydrogens (tertiary/aromatic N) is 1. The Morgan fingerprint density at radius 1 is 1.35 bits per heavy atom. The Hall–Kier alpha value is -2.14. The van der Waals surface area contributed by atoms with E-state index in [1.54, 1.807) is 0 Å². The predicted octanol–water partition coefficient (Wildman–Crippen LogP) is 1.92. The van der Waals surface area contributed by atoms with E-state index in [0.29, 0.717) is 5.56 Å². The van der Waals surface area contributed by atoms with Crippen LogP contribution in [-0.2, 0) is 13.0 Å². The van der Waals surface area contributed by atoms with Crippen molar-refractivity contribution >= 4 is 11.6 Å². The van der Waals surface area contributed by atoms with Crippen LogP contribution in [-0.4, -0.2) is 22.6 Å². The van der Waals surface area contributed by atoms with Gasteiger partial charge in [-0.1, -0.05) is 12.1 Å². The Kier molecular flexibility index (Phi) is 3.28. The molecule has 1 aromatic carbocycles. The molecule has 1 amide bonds. The average molecular weight is 270 g/mol. The first-order chi connectivity index (χ1) is 9.66. The molecule has 2 aromatic rings. The van der Waals surface area contributed by atoms with Crippen molar-refractivity contribution in [1.29, 1.82) is 0 Å². The summed E-state index contributed by atoms with van der Waals surface area (Å²) in [5.41, 5.74) is 5.57. The number of nitrogens with one attached hydrogen (secondary N) is 3. The number of aromatic amines is 1. The lowest BCUT2D eigenvalue weighted by Crippen LogP contribution is -2.25. The zero-order chi connectivity index (χ0) is 14.1. The fourth-order valence-electron chi connectivity index (χ4n) is 2.72. The number of hydrogen-bond acceptors (Lipinski definition) is 3. The van der Waals surface area contributed by atoms with Gasteiger partial charge in [0.25, 0.3) is 5.91 Å². The highest BCUT2D eigenvalue weighted by molar-refractivity contribution is 6.06. The Bertz CT molecular complexity index is 640. The van der Waals surface area contributed by atoms with Gasteiger partial charge in [-0.15, -0.1) is 0 Å². The minimum Gasteiger partial charge on any atom is -0.322 e. The molecule has 0 radical (unpaired) electrons. The summed E-state index contributed by atoms with van der Waals surface area (Å²) in [5, 5.41) is 13.3. The van der Waals surface area contributed by atoms with Crippen molar-refractivity contribution in [2.75, 3.05) is 11.9 Å². The smallest absolute Gasteiger partial charge is 0.259 e. The highest BCUT2D eigenvalue weighted by atomic mass is 16.1. The molecule has 5 nitrogen and oxygen atoms in total. The highest BCUT2D eigenvalue weighted by Gasteiger charge is 2.18. The van der Waals surface area contributed by atoms with Crippen LogP contribution in [0.2, 0.25) is 0 Å². The van der Waals surface area contributed by atoms with Crippen LogP contribution >= 0.6 is 0 Å². The molecular formula is C15H18N4O. The Labute approximate surface area is 117 Å². The molecule has 3 N–H and O–H groups in total. The topological polar surface area (TPSA) is 69.8 Å². The molecule has 0 atom stereocenters. The summed E-state index contributed by atoms with van der Waals surface area (Å²) < 4.78 is 0. The third-order valence-corrected chi connectivity index (χ3v) is 3.74. The van der Waals surface area contributed by atoms with Crippen LogP contribution in [0.4, 0.5) is 5.69 Å². The van der Waals surface area contributed by atoms with E-state index in [1.165, 1.54) is 11.1 Å². The number of fused-ring (bicyclic) bond motifs is 1. The van der Waals surface area contributed by atoms with Gasteiger partial charge in [-0.25, -0.2) is 0 Å². The molecule has 0 spiro atoms. The number of H-pyrrole nitrogens is 1. The maximum Gasteiger partial charge on any atom is 0.259 e. The van der Waals surface area contributed by atoms with E-state index in [4.69, 9.17) is 0 Å². The number of benzene rings is 1. The molecule has 0 saturated heterocycles. The molecule has 0 aliphatic carbocycles. The van der Waals surface area contributed by atoms with Crippen molar-refractivity contribution in [2.45, 2.75) is 26.8 Å². The molecule has 5 heteroatoms. The van der Waals surface area contributed by atoms with Crippen molar-refractivity contribution < 1.29 is 4.79 Å². The number of aryl methyl sites for hydroxylation is 2. The van der Waals surface area contributed by atoms with E-state index in [-0.39, 0.29) is 5.91 Å². The predicted molar refractivity (Wildman–Crippen MR) is 77.9 cm³/mol. The van der Waals surface area contributed by atoms with E-state index >= 15 is 0 Å². The van der Waals surface area contributed by atoms with Gasteiger partial charge in [0.2, 0.25) is 0 Å². The van der Waals surface area contributed by atoms with Crippen LogP contribution in [0.25, 0.3) is 0 Å². The van der Waals surface area contributed by atoms with Crippen LogP contribution in [0.15, 0.2) is 18.2 Å². The maximum atomic E-state index is 12.4. The van der Waals surface area contributed by atoms with Gasteiger partial charge in [-0.2, -0.15) is 5.10 Å². The lowest BCUT2D eigenvalue weighted by atomic mass is 9.99. The first-order valence-corrected chi connectivity index (χ1v) is 6.81. The number of rotatable bonds is 2. The van der Waals surface area contributed by atoms with Crippen LogP contribution in [0.5, 0.6) is 0 Å². The largest absolute Gasteiger partial charge is 0.322 e. The van der Waals surface area contributed by atoms with Crippen molar-refractivity contribution in [3.8, 4) is 0 Å². The van der Waals surface area contributed by atoms with Crippen LogP contribution < -0.4 is 10.6 Å². The minimum atomic E-state index is -0.0966. The number of hydrogen-bond donors (Lipinski definition) is 3. The zero-order valence-electron chi connectivity index (χ0n) is 11.7. The fourth-order valence-corrected chi connectivity index (χ4v) is 2.72. The average Bonchev–Trinajstić information content (AvgIpc) is 2.78. The van der Waals surface area contributed by atoms with Crippen molar-refractivity contribution in [2.24, 2.45) is 0 Å². The second-order valence-corrected chi connectivity index (χ2v) is 5.13. The lowest BCUT2D eigenvalue weighted by Gasteiger charge is -2.20. The van der Waals surface area contributed by atoms with Gasteiger partial charge < -0.3 is 10.6 Å². The summed E-state index contributed by atoms with van der Waals surface area (Å²) in [6.45, 7) is 5.51. The third kappa shape index (κ3) is 2.20. The number of amides is 1.